The topological polar surface area (TPSA) is 97.4 Å². The molecule has 0 aliphatic carbocycles. The lowest BCUT2D eigenvalue weighted by Gasteiger charge is -2.39. The first-order valence-electron chi connectivity index (χ1n) is 7.08. The molecule has 0 radical (unpaired) electrons. The first-order valence-corrected chi connectivity index (χ1v) is 7.08. The van der Waals surface area contributed by atoms with E-state index in [-0.39, 0.29) is 13.0 Å². The molecule has 8 heteroatoms. The fraction of sp³-hybridized carbons (Fsp3) is 0.786. The third-order valence-electron chi connectivity index (χ3n) is 2.91. The number of esters is 3. The second-order valence-electron chi connectivity index (χ2n) is 4.82. The Bertz CT molecular complexity index is 408. The Labute approximate surface area is 129 Å². The smallest absolute Gasteiger partial charge is 0.303 e. The molecule has 0 amide bonds. The number of hydrogen-bond acceptors (Lipinski definition) is 8. The molecule has 1 aliphatic heterocycles. The van der Waals surface area contributed by atoms with E-state index < -0.39 is 42.5 Å². The van der Waals surface area contributed by atoms with Gasteiger partial charge >= 0.3 is 17.9 Å². The zero-order valence-corrected chi connectivity index (χ0v) is 13.2. The van der Waals surface area contributed by atoms with Crippen LogP contribution >= 0.6 is 0 Å². The first-order chi connectivity index (χ1) is 10.3. The van der Waals surface area contributed by atoms with E-state index >= 15 is 0 Å². The molecule has 0 spiro atoms. The molecule has 0 aromatic rings. The maximum absolute atomic E-state index is 11.3. The highest BCUT2D eigenvalue weighted by atomic mass is 16.7. The van der Waals surface area contributed by atoms with Gasteiger partial charge in [-0.15, -0.1) is 0 Å². The summed E-state index contributed by atoms with van der Waals surface area (Å²) in [6.45, 7) is 5.82. The summed E-state index contributed by atoms with van der Waals surface area (Å²) in [6.07, 6.45) is -2.78. The van der Waals surface area contributed by atoms with Crippen molar-refractivity contribution in [1.29, 1.82) is 0 Å². The maximum atomic E-state index is 11.3. The van der Waals surface area contributed by atoms with Crippen LogP contribution in [0.5, 0.6) is 0 Å². The van der Waals surface area contributed by atoms with Gasteiger partial charge in [0.1, 0.15) is 18.8 Å². The van der Waals surface area contributed by atoms with Crippen molar-refractivity contribution >= 4 is 17.9 Å². The van der Waals surface area contributed by atoms with Gasteiger partial charge in [-0.25, -0.2) is 0 Å². The van der Waals surface area contributed by atoms with Crippen molar-refractivity contribution in [2.75, 3.05) is 13.2 Å². The van der Waals surface area contributed by atoms with Crippen molar-refractivity contribution in [2.24, 2.45) is 0 Å². The van der Waals surface area contributed by atoms with Gasteiger partial charge in [-0.2, -0.15) is 0 Å². The first kappa shape index (κ1) is 18.4. The Morgan fingerprint density at radius 3 is 2.18 bits per heavy atom. The number of carbonyl (C=O) groups is 3. The van der Waals surface area contributed by atoms with Crippen LogP contribution in [0, 0.1) is 0 Å². The molecule has 0 bridgehead atoms. The Kier molecular flexibility index (Phi) is 7.26. The molecule has 0 aromatic heterocycles. The molecule has 0 N–H and O–H groups in total. The van der Waals surface area contributed by atoms with Crippen molar-refractivity contribution in [3.05, 3.63) is 0 Å². The Hall–Kier alpha value is -1.67. The Balaban J connectivity index is 2.89. The second-order valence-corrected chi connectivity index (χ2v) is 4.82. The molecular formula is C14H22O8. The van der Waals surface area contributed by atoms with Crippen LogP contribution in [0.3, 0.4) is 0 Å². The zero-order valence-electron chi connectivity index (χ0n) is 13.2. The molecule has 0 aromatic carbocycles. The Morgan fingerprint density at radius 2 is 1.68 bits per heavy atom. The monoisotopic (exact) mass is 318 g/mol. The minimum absolute atomic E-state index is 0.130. The molecular weight excluding hydrogens is 296 g/mol. The van der Waals surface area contributed by atoms with Crippen LogP contribution < -0.4 is 0 Å². The fourth-order valence-corrected chi connectivity index (χ4v) is 2.19. The number of carbonyl (C=O) groups excluding carboxylic acids is 3. The number of rotatable bonds is 6. The van der Waals surface area contributed by atoms with Gasteiger partial charge in [-0.05, 0) is 6.92 Å². The Morgan fingerprint density at radius 1 is 1.05 bits per heavy atom. The van der Waals surface area contributed by atoms with E-state index in [9.17, 15) is 14.4 Å². The van der Waals surface area contributed by atoms with Crippen molar-refractivity contribution < 1.29 is 38.1 Å². The van der Waals surface area contributed by atoms with Gasteiger partial charge in [0.25, 0.3) is 0 Å². The van der Waals surface area contributed by atoms with Gasteiger partial charge in [0.15, 0.2) is 12.4 Å². The van der Waals surface area contributed by atoms with Gasteiger partial charge in [0, 0.05) is 33.8 Å². The average molecular weight is 318 g/mol. The van der Waals surface area contributed by atoms with E-state index in [1.54, 1.807) is 6.92 Å². The fourth-order valence-electron chi connectivity index (χ4n) is 2.19. The van der Waals surface area contributed by atoms with Crippen molar-refractivity contribution in [2.45, 2.75) is 58.7 Å². The molecule has 126 valence electrons. The number of hydrogen-bond donors (Lipinski definition) is 0. The molecule has 8 nitrogen and oxygen atoms in total. The summed E-state index contributed by atoms with van der Waals surface area (Å²) in [5.41, 5.74) is 0. The summed E-state index contributed by atoms with van der Waals surface area (Å²) in [7, 11) is 0. The predicted octanol–water partition coefficient (Wildman–Crippen LogP) is 0.564. The van der Waals surface area contributed by atoms with E-state index in [4.69, 9.17) is 23.7 Å². The minimum atomic E-state index is -0.863. The second kappa shape index (κ2) is 8.70. The molecule has 1 heterocycles. The quantitative estimate of drug-likeness (QED) is 0.518. The lowest BCUT2D eigenvalue weighted by atomic mass is 10.0. The molecule has 0 saturated carbocycles. The average Bonchev–Trinajstić information content (AvgIpc) is 2.38. The third-order valence-corrected chi connectivity index (χ3v) is 2.91. The molecule has 22 heavy (non-hydrogen) atoms. The summed E-state index contributed by atoms with van der Waals surface area (Å²) < 4.78 is 26.3. The molecule has 1 fully saturated rings. The molecule has 1 saturated heterocycles. The van der Waals surface area contributed by atoms with Gasteiger partial charge in [-0.3, -0.25) is 14.4 Å². The predicted molar refractivity (Wildman–Crippen MR) is 72.6 cm³/mol. The van der Waals surface area contributed by atoms with Crippen LogP contribution in [0.25, 0.3) is 0 Å². The van der Waals surface area contributed by atoms with E-state index in [1.807, 2.05) is 0 Å². The normalized spacial score (nSPS) is 27.8. The molecule has 1 rings (SSSR count). The maximum Gasteiger partial charge on any atom is 0.303 e. The number of ether oxygens (including phenoxy) is 5. The molecule has 1 aliphatic rings. The largest absolute Gasteiger partial charge is 0.463 e. The van der Waals surface area contributed by atoms with Gasteiger partial charge in [0.05, 0.1) is 0 Å². The van der Waals surface area contributed by atoms with Crippen LogP contribution in [0.4, 0.5) is 0 Å². The third kappa shape index (κ3) is 5.98. The standard InChI is InChI=1S/C14H22O8/c1-5-18-13-6-11(20-9(3)16)14(21-10(4)17)12(22-13)7-19-8(2)15/h11-14H,5-7H2,1-4H3/t11-,12-,13+,14+/m1/s1. The van der Waals surface area contributed by atoms with Gasteiger partial charge in [-0.1, -0.05) is 0 Å². The van der Waals surface area contributed by atoms with E-state index in [2.05, 4.69) is 0 Å². The van der Waals surface area contributed by atoms with E-state index in [1.165, 1.54) is 20.8 Å². The zero-order chi connectivity index (χ0) is 16.7. The minimum Gasteiger partial charge on any atom is -0.463 e. The van der Waals surface area contributed by atoms with Crippen molar-refractivity contribution in [1.82, 2.24) is 0 Å². The van der Waals surface area contributed by atoms with E-state index in [0.717, 1.165) is 0 Å². The van der Waals surface area contributed by atoms with Crippen LogP contribution in [0.1, 0.15) is 34.1 Å². The summed E-state index contributed by atoms with van der Waals surface area (Å²) in [5, 5.41) is 0. The summed E-state index contributed by atoms with van der Waals surface area (Å²) in [4.78, 5) is 33.5. The highest BCUT2D eigenvalue weighted by Gasteiger charge is 2.43. The highest BCUT2D eigenvalue weighted by molar-refractivity contribution is 5.67. The van der Waals surface area contributed by atoms with Crippen LogP contribution in [0.15, 0.2) is 0 Å². The van der Waals surface area contributed by atoms with E-state index in [0.29, 0.717) is 6.61 Å². The summed E-state index contributed by atoms with van der Waals surface area (Å²) in [5.74, 6) is -1.55. The lowest BCUT2D eigenvalue weighted by molar-refractivity contribution is -0.265. The van der Waals surface area contributed by atoms with Crippen LogP contribution in [0.2, 0.25) is 0 Å². The molecule has 0 unspecified atom stereocenters. The van der Waals surface area contributed by atoms with Crippen LogP contribution in [-0.2, 0) is 38.1 Å². The molecule has 4 atom stereocenters. The van der Waals surface area contributed by atoms with Gasteiger partial charge in [0.2, 0.25) is 0 Å². The highest BCUT2D eigenvalue weighted by Crippen LogP contribution is 2.26. The van der Waals surface area contributed by atoms with Crippen molar-refractivity contribution in [3.63, 3.8) is 0 Å². The van der Waals surface area contributed by atoms with Crippen molar-refractivity contribution in [3.8, 4) is 0 Å². The lowest BCUT2D eigenvalue weighted by Crippen LogP contribution is -2.54. The summed E-state index contributed by atoms with van der Waals surface area (Å²) >= 11 is 0. The van der Waals surface area contributed by atoms with Gasteiger partial charge < -0.3 is 23.7 Å². The van der Waals surface area contributed by atoms with Crippen LogP contribution in [-0.4, -0.2) is 55.7 Å². The summed E-state index contributed by atoms with van der Waals surface area (Å²) in [6, 6.07) is 0. The SMILES string of the molecule is CCO[C@@H]1C[C@@H](OC(C)=O)[C@H](OC(C)=O)[C@@H](COC(C)=O)O1.